The van der Waals surface area contributed by atoms with Gasteiger partial charge in [-0.25, -0.2) is 4.39 Å². The lowest BCUT2D eigenvalue weighted by molar-refractivity contribution is -0.0514. The van der Waals surface area contributed by atoms with Crippen molar-refractivity contribution in [1.29, 1.82) is 0 Å². The summed E-state index contributed by atoms with van der Waals surface area (Å²) >= 11 is 5.73. The van der Waals surface area contributed by atoms with Gasteiger partial charge >= 0.3 is 0 Å². The summed E-state index contributed by atoms with van der Waals surface area (Å²) in [6.07, 6.45) is 13.0. The molecular weight excluding hydrogens is 391 g/mol. The molecule has 1 aromatic rings. The minimum Gasteiger partial charge on any atom is -0.493 e. The van der Waals surface area contributed by atoms with E-state index in [1.165, 1.54) is 63.9 Å². The van der Waals surface area contributed by atoms with Crippen LogP contribution in [-0.4, -0.2) is 26.1 Å². The predicted molar refractivity (Wildman–Crippen MR) is 113 cm³/mol. The van der Waals surface area contributed by atoms with E-state index in [2.05, 4.69) is 0 Å². The summed E-state index contributed by atoms with van der Waals surface area (Å²) in [5.41, 5.74) is 0. The molecule has 1 aromatic carbocycles. The molecule has 1 heterocycles. The van der Waals surface area contributed by atoms with E-state index in [4.69, 9.17) is 25.8 Å². The Bertz CT molecular complexity index is 633. The van der Waals surface area contributed by atoms with Gasteiger partial charge in [0.15, 0.2) is 6.29 Å². The second-order valence-corrected chi connectivity index (χ2v) is 9.60. The number of hydrogen-bond donors (Lipinski definition) is 0. The second kappa shape index (κ2) is 10.5. The molecule has 1 saturated heterocycles. The highest BCUT2D eigenvalue weighted by Crippen LogP contribution is 2.42. The lowest BCUT2D eigenvalue weighted by Crippen LogP contribution is -2.27. The molecule has 162 valence electrons. The van der Waals surface area contributed by atoms with Crippen molar-refractivity contribution in [3.8, 4) is 5.75 Å². The first kappa shape index (κ1) is 21.4. The van der Waals surface area contributed by atoms with Crippen LogP contribution in [0.25, 0.3) is 0 Å². The third-order valence-electron chi connectivity index (χ3n) is 7.33. The molecule has 0 spiro atoms. The molecule has 0 N–H and O–H groups in total. The van der Waals surface area contributed by atoms with Gasteiger partial charge in [0.1, 0.15) is 11.6 Å². The average Bonchev–Trinajstić information content (AvgIpc) is 3.28. The maximum absolute atomic E-state index is 13.5. The van der Waals surface area contributed by atoms with Gasteiger partial charge in [0.2, 0.25) is 0 Å². The summed E-state index contributed by atoms with van der Waals surface area (Å²) in [5.74, 6) is 3.43. The van der Waals surface area contributed by atoms with Gasteiger partial charge < -0.3 is 14.2 Å². The van der Waals surface area contributed by atoms with Crippen LogP contribution in [0.1, 0.15) is 64.2 Å². The van der Waals surface area contributed by atoms with Crippen LogP contribution >= 0.6 is 11.6 Å². The van der Waals surface area contributed by atoms with Crippen LogP contribution in [0.4, 0.5) is 4.39 Å². The van der Waals surface area contributed by atoms with Gasteiger partial charge in [-0.05, 0) is 87.2 Å². The molecule has 0 atom stereocenters. The van der Waals surface area contributed by atoms with E-state index in [1.54, 1.807) is 12.1 Å². The zero-order chi connectivity index (χ0) is 20.1. The van der Waals surface area contributed by atoms with Gasteiger partial charge in [-0.1, -0.05) is 24.4 Å². The summed E-state index contributed by atoms with van der Waals surface area (Å²) in [4.78, 5) is 0. The van der Waals surface area contributed by atoms with E-state index in [0.717, 1.165) is 37.4 Å². The smallest absolute Gasteiger partial charge is 0.157 e. The second-order valence-electron chi connectivity index (χ2n) is 9.20. The number of hydrogen-bond acceptors (Lipinski definition) is 3. The number of benzene rings is 1. The Kier molecular flexibility index (Phi) is 7.71. The molecule has 0 amide bonds. The van der Waals surface area contributed by atoms with Crippen LogP contribution in [0.3, 0.4) is 0 Å². The topological polar surface area (TPSA) is 27.7 Å². The summed E-state index contributed by atoms with van der Waals surface area (Å²) < 4.78 is 30.5. The molecule has 0 bridgehead atoms. The van der Waals surface area contributed by atoms with Crippen molar-refractivity contribution < 1.29 is 18.6 Å². The Labute approximate surface area is 179 Å². The number of ether oxygens (including phenoxy) is 3. The first-order valence-electron chi connectivity index (χ1n) is 11.5. The molecule has 29 heavy (non-hydrogen) atoms. The largest absolute Gasteiger partial charge is 0.493 e. The Hall–Kier alpha value is -0.840. The fraction of sp³-hybridized carbons (Fsp3) is 0.750. The molecule has 3 nitrogen and oxygen atoms in total. The lowest BCUT2D eigenvalue weighted by Gasteiger charge is -2.38. The molecule has 2 aliphatic carbocycles. The van der Waals surface area contributed by atoms with Crippen molar-refractivity contribution in [2.24, 2.45) is 23.7 Å². The molecule has 5 heteroatoms. The molecule has 0 aromatic heterocycles. The zero-order valence-electron chi connectivity index (χ0n) is 17.3. The van der Waals surface area contributed by atoms with Gasteiger partial charge in [0.05, 0.1) is 24.8 Å². The molecule has 0 unspecified atom stereocenters. The third kappa shape index (κ3) is 6.08. The molecule has 2 saturated carbocycles. The highest BCUT2D eigenvalue weighted by molar-refractivity contribution is 6.30. The highest BCUT2D eigenvalue weighted by Gasteiger charge is 2.31. The summed E-state index contributed by atoms with van der Waals surface area (Å²) in [7, 11) is 0. The van der Waals surface area contributed by atoms with Crippen LogP contribution in [0.2, 0.25) is 5.02 Å². The normalized spacial score (nSPS) is 31.1. The van der Waals surface area contributed by atoms with E-state index < -0.39 is 5.82 Å². The molecule has 4 rings (SSSR count). The van der Waals surface area contributed by atoms with Crippen LogP contribution in [-0.2, 0) is 9.47 Å². The highest BCUT2D eigenvalue weighted by atomic mass is 35.5. The Morgan fingerprint density at radius 3 is 2.10 bits per heavy atom. The average molecular weight is 425 g/mol. The molecule has 0 radical (unpaired) electrons. The molecule has 1 aliphatic heterocycles. The summed E-state index contributed by atoms with van der Waals surface area (Å²) in [5, 5.41) is 0.146. The van der Waals surface area contributed by atoms with E-state index in [1.807, 2.05) is 0 Å². The van der Waals surface area contributed by atoms with Crippen LogP contribution in [0.15, 0.2) is 18.2 Å². The van der Waals surface area contributed by atoms with Gasteiger partial charge in [-0.2, -0.15) is 0 Å². The van der Waals surface area contributed by atoms with E-state index in [-0.39, 0.29) is 11.3 Å². The predicted octanol–water partition coefficient (Wildman–Crippen LogP) is 6.62. The number of halogens is 2. The van der Waals surface area contributed by atoms with Gasteiger partial charge in [-0.3, -0.25) is 0 Å². The SMILES string of the molecule is Fc1cc(OCC2CCC(C3CCC(CCC4OCCO4)CC3)CC2)ccc1Cl. The standard InChI is InChI=1S/C24H34ClFO3/c25-22-11-10-21(15-23(22)26)29-16-18-3-8-20(9-4-18)19-6-1-17(2-7-19)5-12-24-27-13-14-28-24/h10-11,15,17-20,24H,1-9,12-14,16H2. The summed E-state index contributed by atoms with van der Waals surface area (Å²) in [6, 6.07) is 4.70. The van der Waals surface area contributed by atoms with E-state index in [0.29, 0.717) is 18.3 Å². The fourth-order valence-electron chi connectivity index (χ4n) is 5.50. The zero-order valence-corrected chi connectivity index (χ0v) is 18.0. The van der Waals surface area contributed by atoms with Crippen LogP contribution in [0, 0.1) is 29.5 Å². The monoisotopic (exact) mass is 424 g/mol. The van der Waals surface area contributed by atoms with Crippen molar-refractivity contribution in [3.05, 3.63) is 29.0 Å². The summed E-state index contributed by atoms with van der Waals surface area (Å²) in [6.45, 7) is 2.22. The molecule has 3 fully saturated rings. The van der Waals surface area contributed by atoms with Crippen molar-refractivity contribution in [3.63, 3.8) is 0 Å². The maximum atomic E-state index is 13.5. The minimum absolute atomic E-state index is 0.0644. The molecule has 3 aliphatic rings. The maximum Gasteiger partial charge on any atom is 0.157 e. The number of rotatable bonds is 7. The van der Waals surface area contributed by atoms with Crippen molar-refractivity contribution in [2.45, 2.75) is 70.5 Å². The van der Waals surface area contributed by atoms with Crippen molar-refractivity contribution >= 4 is 11.6 Å². The fourth-order valence-corrected chi connectivity index (χ4v) is 5.62. The first-order valence-corrected chi connectivity index (χ1v) is 11.9. The Balaban J connectivity index is 1.12. The van der Waals surface area contributed by atoms with Crippen LogP contribution < -0.4 is 4.74 Å². The van der Waals surface area contributed by atoms with Crippen LogP contribution in [0.5, 0.6) is 5.75 Å². The Morgan fingerprint density at radius 2 is 1.48 bits per heavy atom. The lowest BCUT2D eigenvalue weighted by atomic mass is 9.69. The first-order chi connectivity index (χ1) is 14.2. The van der Waals surface area contributed by atoms with E-state index >= 15 is 0 Å². The van der Waals surface area contributed by atoms with Gasteiger partial charge in [0.25, 0.3) is 0 Å². The van der Waals surface area contributed by atoms with Gasteiger partial charge in [0, 0.05) is 6.07 Å². The van der Waals surface area contributed by atoms with Crippen molar-refractivity contribution in [2.75, 3.05) is 19.8 Å². The van der Waals surface area contributed by atoms with Crippen molar-refractivity contribution in [1.82, 2.24) is 0 Å². The molecular formula is C24H34ClFO3. The minimum atomic E-state index is -0.410. The Morgan fingerprint density at radius 1 is 0.862 bits per heavy atom. The third-order valence-corrected chi connectivity index (χ3v) is 7.63. The van der Waals surface area contributed by atoms with Gasteiger partial charge in [-0.15, -0.1) is 0 Å². The quantitative estimate of drug-likeness (QED) is 0.492. The van der Waals surface area contributed by atoms with E-state index in [9.17, 15) is 4.39 Å².